The summed E-state index contributed by atoms with van der Waals surface area (Å²) in [5.74, 6) is -0.316. The van der Waals surface area contributed by atoms with Crippen LogP contribution >= 0.6 is 22.9 Å². The summed E-state index contributed by atoms with van der Waals surface area (Å²) in [6.45, 7) is 3.25. The molecule has 12 heteroatoms. The van der Waals surface area contributed by atoms with Crippen LogP contribution in [0.4, 0.5) is 0 Å². The van der Waals surface area contributed by atoms with E-state index in [2.05, 4.69) is 5.32 Å². The van der Waals surface area contributed by atoms with Crippen LogP contribution in [0.3, 0.4) is 0 Å². The molecule has 1 saturated heterocycles. The molecule has 164 valence electrons. The van der Waals surface area contributed by atoms with Crippen molar-refractivity contribution in [1.29, 1.82) is 0 Å². The number of sulfonamides is 1. The zero-order chi connectivity index (χ0) is 21.4. The Labute approximate surface area is 180 Å². The van der Waals surface area contributed by atoms with Gasteiger partial charge in [-0.1, -0.05) is 11.6 Å². The molecule has 0 aromatic carbocycles. The fourth-order valence-corrected chi connectivity index (χ4v) is 5.64. The molecule has 1 N–H and O–H groups in total. The summed E-state index contributed by atoms with van der Waals surface area (Å²) in [4.78, 5) is 28.0. The Balaban J connectivity index is 1.76. The SMILES string of the molecule is COCCCNC(=O)CN1CCN(C(=O)CN(C)S(=O)(=O)c2ccc(Cl)s2)CC1. The summed E-state index contributed by atoms with van der Waals surface area (Å²) in [6.07, 6.45) is 0.763. The summed E-state index contributed by atoms with van der Waals surface area (Å²) >= 11 is 6.77. The van der Waals surface area contributed by atoms with Gasteiger partial charge in [-0.25, -0.2) is 8.42 Å². The van der Waals surface area contributed by atoms with Crippen LogP contribution in [0.15, 0.2) is 16.3 Å². The van der Waals surface area contributed by atoms with Crippen LogP contribution in [0.25, 0.3) is 0 Å². The molecule has 1 aliphatic heterocycles. The van der Waals surface area contributed by atoms with Gasteiger partial charge in [0.25, 0.3) is 10.0 Å². The summed E-state index contributed by atoms with van der Waals surface area (Å²) in [7, 11) is -0.745. The number of methoxy groups -OCH3 is 1. The topological polar surface area (TPSA) is 99.3 Å². The van der Waals surface area contributed by atoms with Gasteiger partial charge in [0.2, 0.25) is 11.8 Å². The van der Waals surface area contributed by atoms with E-state index in [1.807, 2.05) is 4.90 Å². The van der Waals surface area contributed by atoms with Crippen molar-refractivity contribution >= 4 is 44.8 Å². The molecule has 0 aliphatic carbocycles. The number of thiophene rings is 1. The Hall–Kier alpha value is -1.24. The molecule has 0 spiro atoms. The molecule has 2 heterocycles. The summed E-state index contributed by atoms with van der Waals surface area (Å²) in [6, 6.07) is 2.95. The lowest BCUT2D eigenvalue weighted by atomic mass is 10.3. The van der Waals surface area contributed by atoms with E-state index in [9.17, 15) is 18.0 Å². The van der Waals surface area contributed by atoms with E-state index >= 15 is 0 Å². The quantitative estimate of drug-likeness (QED) is 0.498. The molecule has 1 aromatic heterocycles. The molecule has 0 bridgehead atoms. The lowest BCUT2D eigenvalue weighted by Gasteiger charge is -2.35. The summed E-state index contributed by atoms with van der Waals surface area (Å²) in [5, 5.41) is 2.84. The molecule has 0 unspecified atom stereocenters. The van der Waals surface area contributed by atoms with E-state index in [1.54, 1.807) is 12.0 Å². The molecule has 0 saturated carbocycles. The number of nitrogens with zero attached hydrogens (tertiary/aromatic N) is 3. The first-order chi connectivity index (χ1) is 13.7. The van der Waals surface area contributed by atoms with Crippen LogP contribution in [0.2, 0.25) is 4.34 Å². The highest BCUT2D eigenvalue weighted by Crippen LogP contribution is 2.27. The van der Waals surface area contributed by atoms with E-state index in [4.69, 9.17) is 16.3 Å². The molecule has 1 aliphatic rings. The van der Waals surface area contributed by atoms with E-state index in [0.717, 1.165) is 22.1 Å². The number of rotatable bonds is 10. The van der Waals surface area contributed by atoms with Crippen molar-refractivity contribution in [1.82, 2.24) is 19.4 Å². The molecular weight excluding hydrogens is 440 g/mol. The van der Waals surface area contributed by atoms with Gasteiger partial charge in [0.1, 0.15) is 4.21 Å². The smallest absolute Gasteiger partial charge is 0.252 e. The lowest BCUT2D eigenvalue weighted by molar-refractivity contribution is -0.133. The maximum absolute atomic E-state index is 12.5. The predicted molar refractivity (Wildman–Crippen MR) is 112 cm³/mol. The van der Waals surface area contributed by atoms with Crippen LogP contribution in [0.5, 0.6) is 0 Å². The Morgan fingerprint density at radius 2 is 1.97 bits per heavy atom. The lowest BCUT2D eigenvalue weighted by Crippen LogP contribution is -2.53. The van der Waals surface area contributed by atoms with Gasteiger partial charge < -0.3 is 15.0 Å². The standard InChI is InChI=1S/C17H27ClN4O5S2/c1-20(29(25,26)17-5-4-14(18)28-17)13-16(24)22-9-7-21(8-10-22)12-15(23)19-6-3-11-27-2/h4-5H,3,6-13H2,1-2H3,(H,19,23). The monoisotopic (exact) mass is 466 g/mol. The Bertz CT molecular complexity index is 793. The van der Waals surface area contributed by atoms with Gasteiger partial charge in [0, 0.05) is 53.5 Å². The normalized spacial score (nSPS) is 15.7. The molecule has 1 fully saturated rings. The van der Waals surface area contributed by atoms with Crippen LogP contribution in [0, 0.1) is 0 Å². The van der Waals surface area contributed by atoms with Crippen LogP contribution in [-0.2, 0) is 24.3 Å². The van der Waals surface area contributed by atoms with Crippen molar-refractivity contribution in [3.63, 3.8) is 0 Å². The van der Waals surface area contributed by atoms with Crippen molar-refractivity contribution in [3.05, 3.63) is 16.5 Å². The zero-order valence-corrected chi connectivity index (χ0v) is 19.0. The number of halogens is 1. The zero-order valence-electron chi connectivity index (χ0n) is 16.6. The van der Waals surface area contributed by atoms with Crippen molar-refractivity contribution in [2.24, 2.45) is 0 Å². The Morgan fingerprint density at radius 1 is 1.28 bits per heavy atom. The summed E-state index contributed by atoms with van der Waals surface area (Å²) < 4.78 is 31.5. The summed E-state index contributed by atoms with van der Waals surface area (Å²) in [5.41, 5.74) is 0. The van der Waals surface area contributed by atoms with Crippen molar-refractivity contribution in [2.45, 2.75) is 10.6 Å². The number of piperazine rings is 1. The minimum atomic E-state index is -3.74. The second-order valence-corrected chi connectivity index (χ2v) is 10.7. The number of carbonyl (C=O) groups excluding carboxylic acids is 2. The average Bonchev–Trinajstić information content (AvgIpc) is 3.13. The second kappa shape index (κ2) is 11.2. The fourth-order valence-electron chi connectivity index (χ4n) is 2.82. The molecule has 29 heavy (non-hydrogen) atoms. The first-order valence-electron chi connectivity index (χ1n) is 9.21. The van der Waals surface area contributed by atoms with Gasteiger partial charge in [-0.3, -0.25) is 14.5 Å². The third-order valence-corrected chi connectivity index (χ3v) is 8.01. The Morgan fingerprint density at radius 3 is 2.55 bits per heavy atom. The maximum atomic E-state index is 12.5. The minimum Gasteiger partial charge on any atom is -0.385 e. The van der Waals surface area contributed by atoms with Crippen molar-refractivity contribution in [2.75, 3.05) is 66.6 Å². The first-order valence-corrected chi connectivity index (χ1v) is 11.8. The number of carbonyl (C=O) groups is 2. The van der Waals surface area contributed by atoms with Gasteiger partial charge >= 0.3 is 0 Å². The molecule has 9 nitrogen and oxygen atoms in total. The molecule has 1 aromatic rings. The number of amides is 2. The average molecular weight is 467 g/mol. The highest BCUT2D eigenvalue weighted by atomic mass is 35.5. The van der Waals surface area contributed by atoms with Gasteiger partial charge in [-0.15, -0.1) is 11.3 Å². The number of hydrogen-bond acceptors (Lipinski definition) is 7. The largest absolute Gasteiger partial charge is 0.385 e. The molecule has 2 rings (SSSR count). The van der Waals surface area contributed by atoms with Gasteiger partial charge in [-0.05, 0) is 18.6 Å². The predicted octanol–water partition coefficient (Wildman–Crippen LogP) is 0.319. The van der Waals surface area contributed by atoms with E-state index in [-0.39, 0.29) is 29.1 Å². The molecule has 0 atom stereocenters. The highest BCUT2D eigenvalue weighted by molar-refractivity contribution is 7.91. The Kier molecular flexibility index (Phi) is 9.31. The molecular formula is C17H27ClN4O5S2. The van der Waals surface area contributed by atoms with Crippen molar-refractivity contribution in [3.8, 4) is 0 Å². The van der Waals surface area contributed by atoms with Gasteiger partial charge in [0.05, 0.1) is 17.4 Å². The number of ether oxygens (including phenoxy) is 1. The third kappa shape index (κ3) is 7.19. The van der Waals surface area contributed by atoms with Gasteiger partial charge in [0.15, 0.2) is 0 Å². The molecule has 2 amide bonds. The van der Waals surface area contributed by atoms with Gasteiger partial charge in [-0.2, -0.15) is 4.31 Å². The molecule has 0 radical (unpaired) electrons. The first kappa shape index (κ1) is 24.0. The van der Waals surface area contributed by atoms with E-state index in [0.29, 0.717) is 43.7 Å². The third-order valence-electron chi connectivity index (χ3n) is 4.51. The van der Waals surface area contributed by atoms with E-state index in [1.165, 1.54) is 19.2 Å². The van der Waals surface area contributed by atoms with E-state index < -0.39 is 10.0 Å². The second-order valence-electron chi connectivity index (χ2n) is 6.67. The van der Waals surface area contributed by atoms with Crippen LogP contribution in [0.1, 0.15) is 6.42 Å². The highest BCUT2D eigenvalue weighted by Gasteiger charge is 2.28. The minimum absolute atomic E-state index is 0.0543. The van der Waals surface area contributed by atoms with Crippen LogP contribution in [-0.4, -0.2) is 101 Å². The number of nitrogens with one attached hydrogen (secondary N) is 1. The maximum Gasteiger partial charge on any atom is 0.252 e. The van der Waals surface area contributed by atoms with Crippen molar-refractivity contribution < 1.29 is 22.7 Å². The fraction of sp³-hybridized carbons (Fsp3) is 0.647. The number of hydrogen-bond donors (Lipinski definition) is 1. The number of likely N-dealkylation sites (N-methyl/N-ethyl adjacent to an activating group) is 1. The van der Waals surface area contributed by atoms with Crippen LogP contribution < -0.4 is 5.32 Å².